The largest absolute Gasteiger partial charge is 0.482 e. The van der Waals surface area contributed by atoms with Crippen LogP contribution in [0.2, 0.25) is 5.02 Å². The van der Waals surface area contributed by atoms with Crippen molar-refractivity contribution >= 4 is 17.4 Å². The Morgan fingerprint density at radius 3 is 2.86 bits per heavy atom. The average Bonchev–Trinajstić information content (AvgIpc) is 2.93. The second-order valence-electron chi connectivity index (χ2n) is 4.41. The molecular weight excluding hydrogens is 296 g/mol. The molecule has 0 amide bonds. The van der Waals surface area contributed by atoms with Crippen LogP contribution in [0.15, 0.2) is 22.7 Å². The molecule has 6 nitrogen and oxygen atoms in total. The summed E-state index contributed by atoms with van der Waals surface area (Å²) < 4.78 is 15.6. The maximum atomic E-state index is 11.2. The maximum Gasteiger partial charge on any atom is 0.264 e. The number of rotatable bonds is 6. The van der Waals surface area contributed by atoms with Crippen LogP contribution in [0, 0.1) is 0 Å². The van der Waals surface area contributed by atoms with Gasteiger partial charge in [-0.25, -0.2) is 0 Å². The quantitative estimate of drug-likeness (QED) is 0.763. The molecule has 0 fully saturated rings. The number of aromatic nitrogens is 2. The first kappa shape index (κ1) is 15.5. The molecule has 21 heavy (non-hydrogen) atoms. The number of methoxy groups -OCH3 is 1. The van der Waals surface area contributed by atoms with E-state index in [4.69, 9.17) is 25.6 Å². The highest BCUT2D eigenvalue weighted by Gasteiger charge is 2.14. The topological polar surface area (TPSA) is 74.5 Å². The molecular formula is C14H15ClN2O4. The van der Waals surface area contributed by atoms with Gasteiger partial charge < -0.3 is 14.0 Å². The zero-order valence-corrected chi connectivity index (χ0v) is 12.7. The SMILES string of the molecule is CO[C@@H](C)c1noc(COc2ccc(C(C)=O)cc2Cl)n1. The molecule has 0 aliphatic heterocycles. The fourth-order valence-corrected chi connectivity index (χ4v) is 1.81. The lowest BCUT2D eigenvalue weighted by atomic mass is 10.1. The fourth-order valence-electron chi connectivity index (χ4n) is 1.57. The molecule has 1 atom stereocenters. The van der Waals surface area contributed by atoms with Gasteiger partial charge in [0.05, 0.1) is 5.02 Å². The van der Waals surface area contributed by atoms with Crippen LogP contribution >= 0.6 is 11.6 Å². The highest BCUT2D eigenvalue weighted by atomic mass is 35.5. The van der Waals surface area contributed by atoms with Crippen LogP contribution in [0.1, 0.15) is 42.0 Å². The Labute approximate surface area is 127 Å². The summed E-state index contributed by atoms with van der Waals surface area (Å²) in [7, 11) is 1.56. The van der Waals surface area contributed by atoms with E-state index in [9.17, 15) is 4.79 Å². The summed E-state index contributed by atoms with van der Waals surface area (Å²) in [5.74, 6) is 1.16. The van der Waals surface area contributed by atoms with Gasteiger partial charge in [-0.1, -0.05) is 16.8 Å². The molecule has 1 aromatic heterocycles. The smallest absolute Gasteiger partial charge is 0.264 e. The number of carbonyl (C=O) groups is 1. The molecule has 0 spiro atoms. The lowest BCUT2D eigenvalue weighted by Crippen LogP contribution is -2.00. The number of hydrogen-bond donors (Lipinski definition) is 0. The van der Waals surface area contributed by atoms with Crippen LogP contribution in [0.4, 0.5) is 0 Å². The molecule has 2 rings (SSSR count). The monoisotopic (exact) mass is 310 g/mol. The van der Waals surface area contributed by atoms with E-state index in [2.05, 4.69) is 10.1 Å². The first-order valence-electron chi connectivity index (χ1n) is 6.29. The van der Waals surface area contributed by atoms with E-state index in [1.807, 2.05) is 6.92 Å². The van der Waals surface area contributed by atoms with E-state index in [0.717, 1.165) is 0 Å². The minimum atomic E-state index is -0.249. The van der Waals surface area contributed by atoms with E-state index >= 15 is 0 Å². The predicted molar refractivity (Wildman–Crippen MR) is 75.5 cm³/mol. The van der Waals surface area contributed by atoms with Crippen molar-refractivity contribution in [3.8, 4) is 5.75 Å². The summed E-state index contributed by atoms with van der Waals surface area (Å²) in [6, 6.07) is 4.84. The third kappa shape index (κ3) is 3.80. The van der Waals surface area contributed by atoms with Crippen LogP contribution in [-0.4, -0.2) is 23.0 Å². The number of nitrogens with zero attached hydrogens (tertiary/aromatic N) is 2. The predicted octanol–water partition coefficient (Wildman–Crippen LogP) is 3.21. The Kier molecular flexibility index (Phi) is 4.93. The van der Waals surface area contributed by atoms with Crippen molar-refractivity contribution in [2.75, 3.05) is 7.11 Å². The molecule has 0 unspecified atom stereocenters. The van der Waals surface area contributed by atoms with Crippen molar-refractivity contribution in [3.05, 3.63) is 40.5 Å². The van der Waals surface area contributed by atoms with Crippen LogP contribution in [-0.2, 0) is 11.3 Å². The lowest BCUT2D eigenvalue weighted by Gasteiger charge is -2.06. The Morgan fingerprint density at radius 2 is 2.24 bits per heavy atom. The molecule has 0 bridgehead atoms. The van der Waals surface area contributed by atoms with Gasteiger partial charge in [0.2, 0.25) is 0 Å². The molecule has 0 radical (unpaired) electrons. The summed E-state index contributed by atoms with van der Waals surface area (Å²) in [5.41, 5.74) is 0.529. The van der Waals surface area contributed by atoms with E-state index in [1.165, 1.54) is 6.92 Å². The average molecular weight is 311 g/mol. The van der Waals surface area contributed by atoms with Gasteiger partial charge in [-0.05, 0) is 32.0 Å². The third-order valence-corrected chi connectivity index (χ3v) is 3.19. The van der Waals surface area contributed by atoms with Gasteiger partial charge in [0.25, 0.3) is 5.89 Å². The number of hydrogen-bond acceptors (Lipinski definition) is 6. The lowest BCUT2D eigenvalue weighted by molar-refractivity contribution is 0.101. The minimum absolute atomic E-state index is 0.0569. The highest BCUT2D eigenvalue weighted by Crippen LogP contribution is 2.26. The second-order valence-corrected chi connectivity index (χ2v) is 4.82. The second kappa shape index (κ2) is 6.69. The zero-order chi connectivity index (χ0) is 15.4. The van der Waals surface area contributed by atoms with E-state index in [0.29, 0.717) is 28.1 Å². The van der Waals surface area contributed by atoms with E-state index in [1.54, 1.807) is 25.3 Å². The molecule has 1 aromatic carbocycles. The molecule has 1 heterocycles. The number of Topliss-reactive ketones (excluding diaryl/α,β-unsaturated/α-hetero) is 1. The normalized spacial score (nSPS) is 12.2. The van der Waals surface area contributed by atoms with Crippen molar-refractivity contribution in [2.24, 2.45) is 0 Å². The number of benzene rings is 1. The molecule has 0 saturated carbocycles. The number of ketones is 1. The van der Waals surface area contributed by atoms with E-state index in [-0.39, 0.29) is 18.5 Å². The van der Waals surface area contributed by atoms with Gasteiger partial charge in [-0.2, -0.15) is 4.98 Å². The first-order chi connectivity index (χ1) is 10.0. The van der Waals surface area contributed by atoms with Crippen LogP contribution in [0.5, 0.6) is 5.75 Å². The van der Waals surface area contributed by atoms with Crippen molar-refractivity contribution in [1.82, 2.24) is 10.1 Å². The zero-order valence-electron chi connectivity index (χ0n) is 11.9. The number of carbonyl (C=O) groups excluding carboxylic acids is 1. The van der Waals surface area contributed by atoms with Crippen molar-refractivity contribution in [1.29, 1.82) is 0 Å². The van der Waals surface area contributed by atoms with Crippen molar-refractivity contribution in [3.63, 3.8) is 0 Å². The van der Waals surface area contributed by atoms with Crippen molar-refractivity contribution < 1.29 is 18.8 Å². The van der Waals surface area contributed by atoms with Gasteiger partial charge in [-0.3, -0.25) is 4.79 Å². The first-order valence-corrected chi connectivity index (χ1v) is 6.67. The molecule has 0 N–H and O–H groups in total. The summed E-state index contributed by atoms with van der Waals surface area (Å²) >= 11 is 6.05. The Morgan fingerprint density at radius 1 is 1.48 bits per heavy atom. The molecule has 0 aliphatic rings. The van der Waals surface area contributed by atoms with Crippen molar-refractivity contribution in [2.45, 2.75) is 26.6 Å². The Balaban J connectivity index is 2.03. The Bertz CT molecular complexity index is 642. The number of ether oxygens (including phenoxy) is 2. The summed E-state index contributed by atoms with van der Waals surface area (Å²) in [6.45, 7) is 3.37. The standard InChI is InChI=1S/C14H15ClN2O4/c1-8(18)10-4-5-12(11(15)6-10)20-7-13-16-14(17-21-13)9(2)19-3/h4-6,9H,7H2,1-3H3/t9-/m0/s1. The Hall–Kier alpha value is -1.92. The third-order valence-electron chi connectivity index (χ3n) is 2.89. The maximum absolute atomic E-state index is 11.2. The van der Waals surface area contributed by atoms with Gasteiger partial charge in [0, 0.05) is 12.7 Å². The van der Waals surface area contributed by atoms with Gasteiger partial charge in [-0.15, -0.1) is 0 Å². The van der Waals surface area contributed by atoms with Gasteiger partial charge in [0.15, 0.2) is 18.2 Å². The highest BCUT2D eigenvalue weighted by molar-refractivity contribution is 6.32. The summed E-state index contributed by atoms with van der Waals surface area (Å²) in [4.78, 5) is 15.4. The molecule has 7 heteroatoms. The van der Waals surface area contributed by atoms with Crippen LogP contribution < -0.4 is 4.74 Å². The summed E-state index contributed by atoms with van der Waals surface area (Å²) in [6.07, 6.45) is -0.249. The molecule has 0 saturated heterocycles. The van der Waals surface area contributed by atoms with Crippen LogP contribution in [0.25, 0.3) is 0 Å². The molecule has 2 aromatic rings. The summed E-state index contributed by atoms with van der Waals surface area (Å²) in [5, 5.41) is 4.14. The molecule has 0 aliphatic carbocycles. The van der Waals surface area contributed by atoms with Gasteiger partial charge >= 0.3 is 0 Å². The minimum Gasteiger partial charge on any atom is -0.482 e. The van der Waals surface area contributed by atoms with Gasteiger partial charge in [0.1, 0.15) is 11.9 Å². The van der Waals surface area contributed by atoms with E-state index < -0.39 is 0 Å². The number of halogens is 1. The molecule has 112 valence electrons. The van der Waals surface area contributed by atoms with Crippen LogP contribution in [0.3, 0.4) is 0 Å². The fraction of sp³-hybridized carbons (Fsp3) is 0.357.